The quantitative estimate of drug-likeness (QED) is 0.758. The smallest absolute Gasteiger partial charge is 0.272 e. The Morgan fingerprint density at radius 3 is 2.37 bits per heavy atom. The van der Waals surface area contributed by atoms with E-state index in [0.717, 1.165) is 25.0 Å². The summed E-state index contributed by atoms with van der Waals surface area (Å²) in [6.45, 7) is 2.22. The van der Waals surface area contributed by atoms with Crippen molar-refractivity contribution in [2.45, 2.75) is 115 Å². The molecule has 3 aliphatic carbocycles. The number of carbonyl (C=O) groups is 1. The van der Waals surface area contributed by atoms with Gasteiger partial charge in [0.05, 0.1) is 6.04 Å². The summed E-state index contributed by atoms with van der Waals surface area (Å²) >= 11 is 0. The van der Waals surface area contributed by atoms with Crippen LogP contribution in [0.15, 0.2) is 0 Å². The highest BCUT2D eigenvalue weighted by atomic mass is 16.2. The summed E-state index contributed by atoms with van der Waals surface area (Å²) in [7, 11) is 0. The number of nitrogens with zero attached hydrogens (tertiary/aromatic N) is 2. The van der Waals surface area contributed by atoms with Gasteiger partial charge < -0.3 is 5.32 Å². The molecule has 1 unspecified atom stereocenters. The van der Waals surface area contributed by atoms with Gasteiger partial charge in [0.2, 0.25) is 0 Å². The fraction of sp³-hybridized carbons (Fsp3) is 0.826. The van der Waals surface area contributed by atoms with Crippen molar-refractivity contribution in [3.05, 3.63) is 17.0 Å². The van der Waals surface area contributed by atoms with Gasteiger partial charge in [-0.2, -0.15) is 5.10 Å². The molecule has 4 heteroatoms. The minimum Gasteiger partial charge on any atom is -0.348 e. The molecule has 1 aromatic heterocycles. The van der Waals surface area contributed by atoms with E-state index in [0.29, 0.717) is 18.0 Å². The lowest BCUT2D eigenvalue weighted by Gasteiger charge is -2.30. The molecule has 0 radical (unpaired) electrons. The number of hydrogen-bond acceptors (Lipinski definition) is 2. The number of nitrogens with one attached hydrogen (secondary N) is 1. The van der Waals surface area contributed by atoms with E-state index in [-0.39, 0.29) is 5.91 Å². The van der Waals surface area contributed by atoms with Crippen molar-refractivity contribution in [3.63, 3.8) is 0 Å². The van der Waals surface area contributed by atoms with Gasteiger partial charge in [-0.1, -0.05) is 45.4 Å². The van der Waals surface area contributed by atoms with E-state index in [4.69, 9.17) is 5.10 Å². The molecule has 1 N–H and O–H groups in total. The Morgan fingerprint density at radius 1 is 1.00 bits per heavy atom. The van der Waals surface area contributed by atoms with Crippen LogP contribution in [0.4, 0.5) is 0 Å². The molecule has 27 heavy (non-hydrogen) atoms. The molecular weight excluding hydrogens is 334 g/mol. The van der Waals surface area contributed by atoms with Crippen LogP contribution >= 0.6 is 0 Å². The topological polar surface area (TPSA) is 46.9 Å². The number of carbonyl (C=O) groups excluding carboxylic acids is 1. The lowest BCUT2D eigenvalue weighted by molar-refractivity contribution is 0.0903. The maximum atomic E-state index is 13.2. The second kappa shape index (κ2) is 8.79. The third kappa shape index (κ3) is 4.09. The first-order chi connectivity index (χ1) is 13.3. The normalized spacial score (nSPS) is 23.0. The fourth-order valence-electron chi connectivity index (χ4n) is 5.76. The van der Waals surface area contributed by atoms with Crippen LogP contribution in [0.5, 0.6) is 0 Å². The number of rotatable bonds is 5. The molecule has 3 aliphatic rings. The van der Waals surface area contributed by atoms with Gasteiger partial charge in [0.15, 0.2) is 5.69 Å². The molecule has 0 saturated heterocycles. The average Bonchev–Trinajstić information content (AvgIpc) is 3.13. The van der Waals surface area contributed by atoms with Crippen molar-refractivity contribution in [3.8, 4) is 0 Å². The van der Waals surface area contributed by atoms with Crippen molar-refractivity contribution in [1.82, 2.24) is 15.1 Å². The van der Waals surface area contributed by atoms with Gasteiger partial charge in [0.1, 0.15) is 0 Å². The largest absolute Gasteiger partial charge is 0.348 e. The molecule has 2 fully saturated rings. The van der Waals surface area contributed by atoms with Crippen molar-refractivity contribution in [2.75, 3.05) is 0 Å². The van der Waals surface area contributed by atoms with E-state index in [9.17, 15) is 4.79 Å². The van der Waals surface area contributed by atoms with Crippen LogP contribution in [-0.4, -0.2) is 21.7 Å². The zero-order chi connectivity index (χ0) is 18.6. The minimum atomic E-state index is 0.0973. The Kier molecular flexibility index (Phi) is 6.19. The highest BCUT2D eigenvalue weighted by Gasteiger charge is 2.31. The molecular formula is C23H37N3O. The van der Waals surface area contributed by atoms with Gasteiger partial charge >= 0.3 is 0 Å². The highest BCUT2D eigenvalue weighted by molar-refractivity contribution is 5.94. The number of fused-ring (bicyclic) bond motifs is 1. The Hall–Kier alpha value is -1.32. The second-order valence-corrected chi connectivity index (χ2v) is 9.10. The van der Waals surface area contributed by atoms with Gasteiger partial charge in [-0.3, -0.25) is 9.48 Å². The Balaban J connectivity index is 1.54. The third-order valence-corrected chi connectivity index (χ3v) is 7.32. The predicted octanol–water partition coefficient (Wildman–Crippen LogP) is 5.36. The van der Waals surface area contributed by atoms with E-state index in [1.54, 1.807) is 0 Å². The summed E-state index contributed by atoms with van der Waals surface area (Å²) in [5.74, 6) is 0.754. The van der Waals surface area contributed by atoms with Crippen LogP contribution in [0.25, 0.3) is 0 Å². The molecule has 1 heterocycles. The van der Waals surface area contributed by atoms with Crippen molar-refractivity contribution in [1.29, 1.82) is 0 Å². The maximum Gasteiger partial charge on any atom is 0.272 e. The molecule has 4 nitrogen and oxygen atoms in total. The third-order valence-electron chi connectivity index (χ3n) is 7.32. The zero-order valence-electron chi connectivity index (χ0n) is 17.1. The zero-order valence-corrected chi connectivity index (χ0v) is 17.1. The first-order valence-electron chi connectivity index (χ1n) is 11.7. The van der Waals surface area contributed by atoms with E-state index >= 15 is 0 Å². The van der Waals surface area contributed by atoms with Gasteiger partial charge in [-0.05, 0) is 63.7 Å². The van der Waals surface area contributed by atoms with Gasteiger partial charge in [-0.15, -0.1) is 0 Å². The lowest BCUT2D eigenvalue weighted by atomic mass is 9.83. The molecule has 0 spiro atoms. The van der Waals surface area contributed by atoms with Crippen molar-refractivity contribution >= 4 is 5.91 Å². The first kappa shape index (κ1) is 19.0. The fourth-order valence-corrected chi connectivity index (χ4v) is 5.76. The molecule has 1 amide bonds. The van der Waals surface area contributed by atoms with Crippen molar-refractivity contribution < 1.29 is 4.79 Å². The lowest BCUT2D eigenvalue weighted by Crippen LogP contribution is -2.41. The Morgan fingerprint density at radius 2 is 1.67 bits per heavy atom. The van der Waals surface area contributed by atoms with Crippen LogP contribution in [-0.2, 0) is 12.8 Å². The van der Waals surface area contributed by atoms with Crippen LogP contribution in [0.1, 0.15) is 118 Å². The molecule has 1 atom stereocenters. The molecule has 0 aliphatic heterocycles. The Labute approximate surface area is 164 Å². The van der Waals surface area contributed by atoms with Gasteiger partial charge in [-0.25, -0.2) is 0 Å². The van der Waals surface area contributed by atoms with E-state index in [1.165, 1.54) is 88.3 Å². The summed E-state index contributed by atoms with van der Waals surface area (Å²) in [4.78, 5) is 13.2. The molecule has 1 aromatic rings. The van der Waals surface area contributed by atoms with E-state index in [2.05, 4.69) is 16.9 Å². The minimum absolute atomic E-state index is 0.0973. The van der Waals surface area contributed by atoms with E-state index < -0.39 is 0 Å². The van der Waals surface area contributed by atoms with Crippen LogP contribution in [0, 0.1) is 5.92 Å². The monoisotopic (exact) mass is 371 g/mol. The van der Waals surface area contributed by atoms with Crippen LogP contribution in [0.3, 0.4) is 0 Å². The van der Waals surface area contributed by atoms with Gasteiger partial charge in [0, 0.05) is 17.3 Å². The number of aromatic nitrogens is 2. The molecule has 150 valence electrons. The summed E-state index contributed by atoms with van der Waals surface area (Å²) in [6.07, 6.45) is 18.6. The summed E-state index contributed by atoms with van der Waals surface area (Å²) in [5.41, 5.74) is 3.40. The van der Waals surface area contributed by atoms with E-state index in [1.807, 2.05) is 0 Å². The van der Waals surface area contributed by atoms with Crippen molar-refractivity contribution in [2.24, 2.45) is 5.92 Å². The molecule has 0 aromatic carbocycles. The standard InChI is InChI=1S/C23H37N3O/c1-2-20(17-11-5-3-6-12-17)24-23(27)22-19-15-9-10-16-21(19)26(25-22)18-13-7-4-8-14-18/h17-18,20H,2-16H2,1H3,(H,24,27). The van der Waals surface area contributed by atoms with Crippen LogP contribution in [0.2, 0.25) is 0 Å². The summed E-state index contributed by atoms with van der Waals surface area (Å²) in [6, 6.07) is 0.837. The molecule has 0 bridgehead atoms. The SMILES string of the molecule is CCC(NC(=O)c1nn(C2CCCCC2)c2c1CCCC2)C1CCCCC1. The number of amides is 1. The van der Waals surface area contributed by atoms with Crippen LogP contribution < -0.4 is 5.32 Å². The maximum absolute atomic E-state index is 13.2. The first-order valence-corrected chi connectivity index (χ1v) is 11.7. The predicted molar refractivity (Wildman–Crippen MR) is 109 cm³/mol. The summed E-state index contributed by atoms with van der Waals surface area (Å²) in [5, 5.41) is 8.36. The second-order valence-electron chi connectivity index (χ2n) is 9.10. The Bertz CT molecular complexity index is 638. The molecule has 4 rings (SSSR count). The van der Waals surface area contributed by atoms with Gasteiger partial charge in [0.25, 0.3) is 5.91 Å². The summed E-state index contributed by atoms with van der Waals surface area (Å²) < 4.78 is 2.28. The number of hydrogen-bond donors (Lipinski definition) is 1. The molecule has 2 saturated carbocycles. The average molecular weight is 372 g/mol. The highest BCUT2D eigenvalue weighted by Crippen LogP contribution is 2.34.